The Balaban J connectivity index is 1.27. The predicted octanol–water partition coefficient (Wildman–Crippen LogP) is 4.70. The molecule has 4 bridgehead atoms. The van der Waals surface area contributed by atoms with Gasteiger partial charge in [-0.3, -0.25) is 4.79 Å². The van der Waals surface area contributed by atoms with Gasteiger partial charge in [0.2, 0.25) is 11.8 Å². The van der Waals surface area contributed by atoms with Crippen molar-refractivity contribution in [3.63, 3.8) is 0 Å². The van der Waals surface area contributed by atoms with Gasteiger partial charge in [0.05, 0.1) is 11.3 Å². The lowest BCUT2D eigenvalue weighted by molar-refractivity contribution is -0.133. The lowest BCUT2D eigenvalue weighted by Gasteiger charge is -2.55. The van der Waals surface area contributed by atoms with Crippen LogP contribution in [0.2, 0.25) is 0 Å². The van der Waals surface area contributed by atoms with E-state index in [1.807, 2.05) is 6.92 Å². The zero-order chi connectivity index (χ0) is 20.9. The fourth-order valence-corrected chi connectivity index (χ4v) is 7.96. The molecule has 1 aromatic heterocycles. The maximum absolute atomic E-state index is 13.1. The van der Waals surface area contributed by atoms with Gasteiger partial charge < -0.3 is 9.32 Å². The summed E-state index contributed by atoms with van der Waals surface area (Å²) in [4.78, 5) is 14.8. The molecular weight excluding hydrogens is 396 g/mol. The van der Waals surface area contributed by atoms with Crippen LogP contribution < -0.4 is 0 Å². The van der Waals surface area contributed by atoms with E-state index in [4.69, 9.17) is 4.42 Å². The molecule has 30 heavy (non-hydrogen) atoms. The first-order chi connectivity index (χ1) is 14.4. The average Bonchev–Trinajstić information content (AvgIpc) is 3.21. The molecule has 6 nitrogen and oxygen atoms in total. The number of carbonyl (C=O) groups excluding carboxylic acids is 1. The third-order valence-electron chi connectivity index (χ3n) is 8.39. The summed E-state index contributed by atoms with van der Waals surface area (Å²) in [6.07, 6.45) is 12.4. The van der Waals surface area contributed by atoms with E-state index in [-0.39, 0.29) is 16.6 Å². The molecular formula is C23H32N4O2S. The molecule has 6 rings (SSSR count). The Kier molecular flexibility index (Phi) is 5.12. The highest BCUT2D eigenvalue weighted by molar-refractivity contribution is 8.00. The van der Waals surface area contributed by atoms with E-state index < -0.39 is 5.54 Å². The number of thioether (sulfide) groups is 1. The van der Waals surface area contributed by atoms with E-state index in [9.17, 15) is 10.1 Å². The van der Waals surface area contributed by atoms with E-state index in [2.05, 4.69) is 16.3 Å². The normalized spacial score (nSPS) is 35.0. The van der Waals surface area contributed by atoms with Gasteiger partial charge in [0.1, 0.15) is 5.54 Å². The molecule has 5 aliphatic rings. The highest BCUT2D eigenvalue weighted by atomic mass is 32.2. The van der Waals surface area contributed by atoms with Gasteiger partial charge in [0.15, 0.2) is 0 Å². The molecule has 0 aliphatic heterocycles. The van der Waals surface area contributed by atoms with Gasteiger partial charge in [0.25, 0.3) is 5.22 Å². The van der Waals surface area contributed by atoms with Crippen molar-refractivity contribution >= 4 is 17.7 Å². The van der Waals surface area contributed by atoms with Crippen LogP contribution in [0.25, 0.3) is 0 Å². The maximum atomic E-state index is 13.1. The van der Waals surface area contributed by atoms with E-state index >= 15 is 0 Å². The Bertz CT molecular complexity index is 818. The molecule has 5 fully saturated rings. The molecule has 0 spiro atoms. The van der Waals surface area contributed by atoms with E-state index in [1.54, 1.807) is 11.9 Å². The van der Waals surface area contributed by atoms with Crippen LogP contribution in [0.15, 0.2) is 9.64 Å². The van der Waals surface area contributed by atoms with Crippen molar-refractivity contribution < 1.29 is 9.21 Å². The van der Waals surface area contributed by atoms with E-state index in [0.717, 1.165) is 55.7 Å². The van der Waals surface area contributed by atoms with Crippen molar-refractivity contribution in [1.29, 1.82) is 5.26 Å². The minimum absolute atomic E-state index is 0.0296. The second-order valence-electron chi connectivity index (χ2n) is 10.4. The van der Waals surface area contributed by atoms with E-state index in [0.29, 0.717) is 5.22 Å². The van der Waals surface area contributed by atoms with Gasteiger partial charge in [-0.2, -0.15) is 5.26 Å². The van der Waals surface area contributed by atoms with Gasteiger partial charge in [0, 0.05) is 12.5 Å². The smallest absolute Gasteiger partial charge is 0.277 e. The van der Waals surface area contributed by atoms with E-state index in [1.165, 1.54) is 50.3 Å². The van der Waals surface area contributed by atoms with Crippen LogP contribution in [0, 0.1) is 29.1 Å². The number of carbonyl (C=O) groups is 1. The summed E-state index contributed by atoms with van der Waals surface area (Å²) in [6, 6.07) is 2.44. The number of hydrogen-bond acceptors (Lipinski definition) is 6. The molecule has 162 valence electrons. The molecule has 5 saturated carbocycles. The zero-order valence-electron chi connectivity index (χ0n) is 18.1. The summed E-state index contributed by atoms with van der Waals surface area (Å²) in [7, 11) is 1.78. The average molecular weight is 429 g/mol. The standard InChI is InChI=1S/C23H32N4O2S/c1-15(19(28)27(2)23(14-24)6-4-3-5-7-23)30-21-26-25-20(29-21)22-11-16-8-17(12-22)10-18(9-16)13-22/h15-18H,3-13H2,1-2H3/t15-,16?,17?,18?,22?/m1/s1. The molecule has 1 atom stereocenters. The number of rotatable bonds is 5. The number of amides is 1. The highest BCUT2D eigenvalue weighted by Crippen LogP contribution is 2.60. The summed E-state index contributed by atoms with van der Waals surface area (Å²) < 4.78 is 6.17. The molecule has 0 saturated heterocycles. The summed E-state index contributed by atoms with van der Waals surface area (Å²) >= 11 is 1.34. The van der Waals surface area contributed by atoms with Crippen molar-refractivity contribution in [1.82, 2.24) is 15.1 Å². The van der Waals surface area contributed by atoms with Crippen LogP contribution in [-0.2, 0) is 10.2 Å². The fourth-order valence-electron chi connectivity index (χ4n) is 7.19. The third-order valence-corrected chi connectivity index (χ3v) is 9.31. The van der Waals surface area contributed by atoms with Crippen LogP contribution in [0.5, 0.6) is 0 Å². The number of nitrogens with zero attached hydrogens (tertiary/aromatic N) is 4. The Morgan fingerprint density at radius 1 is 1.13 bits per heavy atom. The Morgan fingerprint density at radius 3 is 2.30 bits per heavy atom. The van der Waals surface area contributed by atoms with Crippen LogP contribution in [0.3, 0.4) is 0 Å². The van der Waals surface area contributed by atoms with Crippen LogP contribution >= 0.6 is 11.8 Å². The van der Waals surface area contributed by atoms with Gasteiger partial charge in [-0.1, -0.05) is 31.0 Å². The molecule has 1 aromatic rings. The van der Waals surface area contributed by atoms with Gasteiger partial charge in [-0.25, -0.2) is 0 Å². The lowest BCUT2D eigenvalue weighted by atomic mass is 9.49. The lowest BCUT2D eigenvalue weighted by Crippen LogP contribution is -2.52. The second kappa shape index (κ2) is 7.55. The van der Waals surface area contributed by atoms with Crippen molar-refractivity contribution in [3.05, 3.63) is 5.89 Å². The monoisotopic (exact) mass is 428 g/mol. The van der Waals surface area contributed by atoms with Crippen molar-refractivity contribution in [2.45, 2.75) is 99.0 Å². The Hall–Kier alpha value is -1.55. The quantitative estimate of drug-likeness (QED) is 0.632. The molecule has 0 unspecified atom stereocenters. The predicted molar refractivity (Wildman–Crippen MR) is 114 cm³/mol. The highest BCUT2D eigenvalue weighted by Gasteiger charge is 2.54. The Labute approximate surface area is 183 Å². The molecule has 1 heterocycles. The zero-order valence-corrected chi connectivity index (χ0v) is 18.9. The fraction of sp³-hybridized carbons (Fsp3) is 0.826. The topological polar surface area (TPSA) is 83.0 Å². The second-order valence-corrected chi connectivity index (χ2v) is 11.7. The van der Waals surface area contributed by atoms with Gasteiger partial charge in [-0.05, 0) is 76.0 Å². The number of hydrogen-bond donors (Lipinski definition) is 0. The minimum atomic E-state index is -0.663. The summed E-state index contributed by atoms with van der Waals surface area (Å²) in [6.45, 7) is 1.88. The van der Waals surface area contributed by atoms with Crippen LogP contribution in [0.4, 0.5) is 0 Å². The first kappa shape index (κ1) is 20.4. The third kappa shape index (κ3) is 3.36. The van der Waals surface area contributed by atoms with Gasteiger partial charge >= 0.3 is 0 Å². The van der Waals surface area contributed by atoms with Crippen molar-refractivity contribution in [3.8, 4) is 6.07 Å². The van der Waals surface area contributed by atoms with Gasteiger partial charge in [-0.15, -0.1) is 10.2 Å². The number of aromatic nitrogens is 2. The minimum Gasteiger partial charge on any atom is -0.415 e. The molecule has 7 heteroatoms. The SMILES string of the molecule is C[C@@H](Sc1nnc(C23CC4CC(CC(C4)C2)C3)o1)C(=O)N(C)C1(C#N)CCCCC1. The summed E-state index contributed by atoms with van der Waals surface area (Å²) in [5.41, 5.74) is -0.582. The van der Waals surface area contributed by atoms with Crippen LogP contribution in [0.1, 0.15) is 83.4 Å². The molecule has 1 amide bonds. The first-order valence-corrected chi connectivity index (χ1v) is 12.5. The number of nitriles is 1. The summed E-state index contributed by atoms with van der Waals surface area (Å²) in [5.74, 6) is 3.25. The van der Waals surface area contributed by atoms with Crippen molar-refractivity contribution in [2.24, 2.45) is 17.8 Å². The molecule has 0 N–H and O–H groups in total. The molecule has 5 aliphatic carbocycles. The Morgan fingerprint density at radius 2 is 1.73 bits per heavy atom. The molecule has 0 aromatic carbocycles. The maximum Gasteiger partial charge on any atom is 0.277 e. The van der Waals surface area contributed by atoms with Crippen molar-refractivity contribution in [2.75, 3.05) is 7.05 Å². The molecule has 0 radical (unpaired) electrons. The largest absolute Gasteiger partial charge is 0.415 e. The van der Waals surface area contributed by atoms with Crippen LogP contribution in [-0.4, -0.2) is 38.8 Å². The summed E-state index contributed by atoms with van der Waals surface area (Å²) in [5, 5.41) is 18.7. The first-order valence-electron chi connectivity index (χ1n) is 11.6.